The van der Waals surface area contributed by atoms with E-state index < -0.39 is 16.2 Å². The molecule has 18 heavy (non-hydrogen) atoms. The number of hydrogen-bond acceptors (Lipinski definition) is 4. The molecule has 0 saturated carbocycles. The van der Waals surface area contributed by atoms with Crippen LogP contribution in [0.5, 0.6) is 0 Å². The van der Waals surface area contributed by atoms with Gasteiger partial charge in [0.15, 0.2) is 0 Å². The molecule has 0 unspecified atom stereocenters. The van der Waals surface area contributed by atoms with Crippen LogP contribution >= 0.6 is 0 Å². The third-order valence-electron chi connectivity index (χ3n) is 2.66. The molecule has 1 rings (SSSR count). The molecule has 1 aliphatic heterocycles. The van der Waals surface area contributed by atoms with Gasteiger partial charge in [0.05, 0.1) is 6.61 Å². The second-order valence-electron chi connectivity index (χ2n) is 4.06. The van der Waals surface area contributed by atoms with E-state index in [0.717, 1.165) is 6.42 Å². The maximum Gasteiger partial charge on any atom is 0.334 e. The monoisotopic (exact) mass is 276 g/mol. The molecule has 0 aromatic rings. The van der Waals surface area contributed by atoms with Crippen LogP contribution in [0.4, 0.5) is 0 Å². The van der Waals surface area contributed by atoms with Gasteiger partial charge in [-0.2, -0.15) is 17.0 Å². The lowest BCUT2D eigenvalue weighted by atomic mass is 10.3. The first kappa shape index (κ1) is 15.1. The molecule has 0 radical (unpaired) electrons. The van der Waals surface area contributed by atoms with Crippen LogP contribution in [0.1, 0.15) is 20.3 Å². The summed E-state index contributed by atoms with van der Waals surface area (Å²) in [5.41, 5.74) is 0.166. The quantitative estimate of drug-likeness (QED) is 0.519. The molecule has 0 amide bonds. The van der Waals surface area contributed by atoms with Crippen molar-refractivity contribution in [2.75, 3.05) is 32.8 Å². The Hall–Kier alpha value is -0.920. The zero-order valence-electron chi connectivity index (χ0n) is 10.9. The standard InChI is InChI=1S/C11H20N2O4S/c1-4-6-12-7-8-13(18(12,15)16)9-10(3)11(14)17-5-2/h3-9H2,1-2H3. The molecule has 0 aromatic heterocycles. The normalized spacial score (nSPS) is 19.9. The summed E-state index contributed by atoms with van der Waals surface area (Å²) in [6.45, 7) is 8.81. The van der Waals surface area contributed by atoms with Crippen LogP contribution in [0.2, 0.25) is 0 Å². The Morgan fingerprint density at radius 2 is 1.89 bits per heavy atom. The minimum atomic E-state index is -3.44. The SMILES string of the molecule is C=C(CN1CCN(CCC)S1(=O)=O)C(=O)OCC. The lowest BCUT2D eigenvalue weighted by Gasteiger charge is -2.18. The van der Waals surface area contributed by atoms with Crippen molar-refractivity contribution in [1.82, 2.24) is 8.61 Å². The molecular weight excluding hydrogens is 256 g/mol. The molecule has 0 aliphatic carbocycles. The maximum atomic E-state index is 12.1. The van der Waals surface area contributed by atoms with Crippen molar-refractivity contribution >= 4 is 16.2 Å². The van der Waals surface area contributed by atoms with Crippen molar-refractivity contribution in [2.24, 2.45) is 0 Å². The van der Waals surface area contributed by atoms with Gasteiger partial charge in [0, 0.05) is 31.8 Å². The zero-order valence-corrected chi connectivity index (χ0v) is 11.7. The lowest BCUT2D eigenvalue weighted by Crippen LogP contribution is -2.35. The third-order valence-corrected chi connectivity index (χ3v) is 4.64. The summed E-state index contributed by atoms with van der Waals surface area (Å²) < 4.78 is 31.6. The van der Waals surface area contributed by atoms with E-state index in [4.69, 9.17) is 4.74 Å². The Balaban J connectivity index is 2.64. The van der Waals surface area contributed by atoms with Crippen molar-refractivity contribution in [3.63, 3.8) is 0 Å². The zero-order chi connectivity index (χ0) is 13.8. The molecule has 6 nitrogen and oxygen atoms in total. The third kappa shape index (κ3) is 3.30. The fourth-order valence-corrected chi connectivity index (χ4v) is 3.45. The van der Waals surface area contributed by atoms with Gasteiger partial charge in [0.25, 0.3) is 10.2 Å². The van der Waals surface area contributed by atoms with Gasteiger partial charge in [-0.15, -0.1) is 0 Å². The Morgan fingerprint density at radius 1 is 1.28 bits per heavy atom. The van der Waals surface area contributed by atoms with Gasteiger partial charge in [0.1, 0.15) is 0 Å². The largest absolute Gasteiger partial charge is 0.463 e. The molecule has 1 saturated heterocycles. The highest BCUT2D eigenvalue weighted by molar-refractivity contribution is 7.87. The highest BCUT2D eigenvalue weighted by Gasteiger charge is 2.36. The molecule has 1 fully saturated rings. The summed E-state index contributed by atoms with van der Waals surface area (Å²) in [4.78, 5) is 11.4. The molecule has 0 bridgehead atoms. The predicted octanol–water partition coefficient (Wildman–Crippen LogP) is 0.378. The lowest BCUT2D eigenvalue weighted by molar-refractivity contribution is -0.138. The highest BCUT2D eigenvalue weighted by Crippen LogP contribution is 2.18. The maximum absolute atomic E-state index is 12.1. The van der Waals surface area contributed by atoms with E-state index >= 15 is 0 Å². The van der Waals surface area contributed by atoms with Crippen LogP contribution in [0.25, 0.3) is 0 Å². The molecular formula is C11H20N2O4S. The van der Waals surface area contributed by atoms with Crippen molar-refractivity contribution in [2.45, 2.75) is 20.3 Å². The van der Waals surface area contributed by atoms with E-state index in [1.807, 2.05) is 6.92 Å². The van der Waals surface area contributed by atoms with Gasteiger partial charge < -0.3 is 4.74 Å². The van der Waals surface area contributed by atoms with Crippen LogP contribution < -0.4 is 0 Å². The van der Waals surface area contributed by atoms with Crippen LogP contribution in [0.3, 0.4) is 0 Å². The summed E-state index contributed by atoms with van der Waals surface area (Å²) in [5, 5.41) is 0. The molecule has 104 valence electrons. The van der Waals surface area contributed by atoms with E-state index in [1.54, 1.807) is 6.92 Å². The van der Waals surface area contributed by atoms with Crippen LogP contribution in [0.15, 0.2) is 12.2 Å². The molecule has 0 N–H and O–H groups in total. The van der Waals surface area contributed by atoms with Gasteiger partial charge in [-0.3, -0.25) is 0 Å². The second-order valence-corrected chi connectivity index (χ2v) is 5.99. The van der Waals surface area contributed by atoms with E-state index in [-0.39, 0.29) is 18.7 Å². The van der Waals surface area contributed by atoms with E-state index in [0.29, 0.717) is 19.6 Å². The van der Waals surface area contributed by atoms with E-state index in [1.165, 1.54) is 8.61 Å². The average molecular weight is 276 g/mol. The summed E-state index contributed by atoms with van der Waals surface area (Å²) >= 11 is 0. The molecule has 0 spiro atoms. The van der Waals surface area contributed by atoms with Gasteiger partial charge in [-0.05, 0) is 13.3 Å². The smallest absolute Gasteiger partial charge is 0.334 e. The second kappa shape index (κ2) is 6.31. The summed E-state index contributed by atoms with van der Waals surface area (Å²) in [7, 11) is -3.44. The number of rotatable bonds is 6. The van der Waals surface area contributed by atoms with Gasteiger partial charge in [-0.25, -0.2) is 4.79 Å². The number of carbonyl (C=O) groups excluding carboxylic acids is 1. The number of carbonyl (C=O) groups is 1. The van der Waals surface area contributed by atoms with E-state index in [2.05, 4.69) is 6.58 Å². The Morgan fingerprint density at radius 3 is 2.44 bits per heavy atom. The minimum Gasteiger partial charge on any atom is -0.463 e. The molecule has 1 heterocycles. The average Bonchev–Trinajstić information content (AvgIpc) is 2.57. The first-order valence-electron chi connectivity index (χ1n) is 6.03. The number of ether oxygens (including phenoxy) is 1. The summed E-state index contributed by atoms with van der Waals surface area (Å²) in [5.74, 6) is -0.540. The Labute approximate surface area is 108 Å². The van der Waals surface area contributed by atoms with Crippen LogP contribution in [-0.2, 0) is 19.7 Å². The van der Waals surface area contributed by atoms with Crippen molar-refractivity contribution in [3.8, 4) is 0 Å². The first-order chi connectivity index (χ1) is 8.43. The molecule has 7 heteroatoms. The molecule has 1 aliphatic rings. The van der Waals surface area contributed by atoms with Crippen molar-refractivity contribution < 1.29 is 17.9 Å². The van der Waals surface area contributed by atoms with Crippen LogP contribution in [0, 0.1) is 0 Å². The fourth-order valence-electron chi connectivity index (χ4n) is 1.76. The van der Waals surface area contributed by atoms with Gasteiger partial charge >= 0.3 is 5.97 Å². The Bertz CT molecular complexity index is 419. The van der Waals surface area contributed by atoms with E-state index in [9.17, 15) is 13.2 Å². The minimum absolute atomic E-state index is 0.00137. The first-order valence-corrected chi connectivity index (χ1v) is 7.43. The summed E-state index contributed by atoms with van der Waals surface area (Å²) in [6, 6.07) is 0. The molecule has 0 aromatic carbocycles. The predicted molar refractivity (Wildman–Crippen MR) is 68.1 cm³/mol. The number of esters is 1. The van der Waals surface area contributed by atoms with Crippen molar-refractivity contribution in [1.29, 1.82) is 0 Å². The topological polar surface area (TPSA) is 66.9 Å². The number of hydrogen-bond donors (Lipinski definition) is 0. The van der Waals surface area contributed by atoms with Crippen molar-refractivity contribution in [3.05, 3.63) is 12.2 Å². The fraction of sp³-hybridized carbons (Fsp3) is 0.727. The van der Waals surface area contributed by atoms with Gasteiger partial charge in [-0.1, -0.05) is 13.5 Å². The molecule has 0 atom stereocenters. The Kier molecular flexibility index (Phi) is 5.30. The highest BCUT2D eigenvalue weighted by atomic mass is 32.2. The number of nitrogens with zero attached hydrogens (tertiary/aromatic N) is 2. The van der Waals surface area contributed by atoms with Crippen LogP contribution in [-0.4, -0.2) is 55.8 Å². The summed E-state index contributed by atoms with van der Waals surface area (Å²) in [6.07, 6.45) is 0.770. The van der Waals surface area contributed by atoms with Gasteiger partial charge in [0.2, 0.25) is 0 Å².